The minimum absolute atomic E-state index is 0.00189. The number of aliphatic hydroxyl groups excluding tert-OH is 1. The molecule has 42 heavy (non-hydrogen) atoms. The van der Waals surface area contributed by atoms with Crippen LogP contribution in [0, 0.1) is 22.7 Å². The minimum Gasteiger partial charge on any atom is -0.507 e. The van der Waals surface area contributed by atoms with Crippen LogP contribution in [0.4, 0.5) is 11.4 Å². The number of unbranched alkanes of at least 4 members (excludes halogenated alkanes) is 1. The molecule has 6 heteroatoms. The molecule has 3 aliphatic rings. The van der Waals surface area contributed by atoms with Crippen LogP contribution in [-0.2, 0) is 10.8 Å². The van der Waals surface area contributed by atoms with E-state index in [9.17, 15) is 15.6 Å². The number of rotatable bonds is 7. The zero-order chi connectivity index (χ0) is 30.4. The fourth-order valence-corrected chi connectivity index (χ4v) is 6.67. The highest BCUT2D eigenvalue weighted by Crippen LogP contribution is 2.52. The summed E-state index contributed by atoms with van der Waals surface area (Å²) in [5.74, 6) is 0.896. The molecular weight excluding hydrogens is 520 g/mol. The van der Waals surface area contributed by atoms with Gasteiger partial charge in [-0.2, -0.15) is 15.1 Å². The van der Waals surface area contributed by atoms with Gasteiger partial charge in [-0.1, -0.05) is 45.4 Å². The number of hydrogen-bond acceptors (Lipinski definition) is 5. The quantitative estimate of drug-likeness (QED) is 0.278. The van der Waals surface area contributed by atoms with Gasteiger partial charge in [0.2, 0.25) is 5.69 Å². The van der Waals surface area contributed by atoms with E-state index in [0.717, 1.165) is 54.3 Å². The van der Waals surface area contributed by atoms with Gasteiger partial charge in [0.25, 0.3) is 0 Å². The lowest BCUT2D eigenvalue weighted by atomic mass is 9.74. The van der Waals surface area contributed by atoms with Gasteiger partial charge in [0.1, 0.15) is 35.8 Å². The molecule has 0 fully saturated rings. The molecule has 0 amide bonds. The van der Waals surface area contributed by atoms with Gasteiger partial charge >= 0.3 is 0 Å². The molecule has 0 unspecified atom stereocenters. The predicted molar refractivity (Wildman–Crippen MR) is 167 cm³/mol. The smallest absolute Gasteiger partial charge is 0.209 e. The fraction of sp³-hybridized carbons (Fsp3) is 0.361. The summed E-state index contributed by atoms with van der Waals surface area (Å²) in [5.41, 5.74) is 7.50. The van der Waals surface area contributed by atoms with Gasteiger partial charge in [0.15, 0.2) is 5.71 Å². The number of aliphatic hydroxyl groups is 1. The molecule has 2 aliphatic heterocycles. The lowest BCUT2D eigenvalue weighted by Crippen LogP contribution is -2.30. The van der Waals surface area contributed by atoms with E-state index in [1.165, 1.54) is 11.3 Å². The van der Waals surface area contributed by atoms with Gasteiger partial charge in [0.05, 0.1) is 12.5 Å². The Balaban J connectivity index is 1.70. The van der Waals surface area contributed by atoms with Gasteiger partial charge in [-0.25, -0.2) is 0 Å². The van der Waals surface area contributed by atoms with Crippen LogP contribution in [0.1, 0.15) is 65.5 Å². The van der Waals surface area contributed by atoms with E-state index < -0.39 is 5.41 Å². The number of benzene rings is 2. The van der Waals surface area contributed by atoms with Crippen molar-refractivity contribution in [3.05, 3.63) is 99.5 Å². The predicted octanol–water partition coefficient (Wildman–Crippen LogP) is 7.67. The number of likely N-dealkylation sites (N-methyl/N-ethyl adjacent to an activating group) is 1. The summed E-state index contributed by atoms with van der Waals surface area (Å²) in [6.07, 6.45) is 6.03. The number of fused-ring (bicyclic) bond motifs is 2. The Hall–Kier alpha value is -4.55. The number of allylic oxidation sites excluding steroid dienone is 6. The van der Waals surface area contributed by atoms with Crippen LogP contribution < -0.4 is 9.64 Å². The summed E-state index contributed by atoms with van der Waals surface area (Å²) >= 11 is 0. The lowest BCUT2D eigenvalue weighted by Gasteiger charge is -2.31. The number of ether oxygens (including phenoxy) is 1. The standard InChI is InChI=1S/C36H38N4O2/c1-8-10-17-40-29-14-12-11-13-27(29)35(3,4)32(40)20-26-33(23(21-37)22-38)25(34(26)41)19-31-36(5,6)28-18-24(42-7)15-16-30(28)39(31)9-2/h11-16,18-20H,8-10,17H2,1-7H3/p+1. The van der Waals surface area contributed by atoms with Crippen molar-refractivity contribution in [2.75, 3.05) is 25.1 Å². The van der Waals surface area contributed by atoms with Gasteiger partial charge in [-0.3, -0.25) is 0 Å². The van der Waals surface area contributed by atoms with Crippen LogP contribution in [0.25, 0.3) is 0 Å². The number of nitrogens with zero attached hydrogens (tertiary/aromatic N) is 4. The maximum atomic E-state index is 11.6. The minimum atomic E-state index is -0.391. The highest BCUT2D eigenvalue weighted by atomic mass is 16.5. The van der Waals surface area contributed by atoms with E-state index in [2.05, 4.69) is 99.6 Å². The Bertz CT molecular complexity index is 1700. The topological polar surface area (TPSA) is 83.3 Å². The van der Waals surface area contributed by atoms with Crippen molar-refractivity contribution in [3.8, 4) is 17.9 Å². The Morgan fingerprint density at radius 2 is 1.71 bits per heavy atom. The molecule has 1 aliphatic carbocycles. The van der Waals surface area contributed by atoms with Crippen LogP contribution >= 0.6 is 0 Å². The Morgan fingerprint density at radius 3 is 2.36 bits per heavy atom. The molecule has 0 saturated heterocycles. The van der Waals surface area contributed by atoms with E-state index in [1.807, 2.05) is 18.2 Å². The van der Waals surface area contributed by atoms with Gasteiger partial charge in [0, 0.05) is 64.2 Å². The second kappa shape index (κ2) is 10.7. The Morgan fingerprint density at radius 1 is 1.00 bits per heavy atom. The van der Waals surface area contributed by atoms with E-state index in [1.54, 1.807) is 7.11 Å². The summed E-state index contributed by atoms with van der Waals surface area (Å²) in [6.45, 7) is 14.5. The average Bonchev–Trinajstić information content (AvgIpc) is 3.34. The number of para-hydroxylation sites is 1. The monoisotopic (exact) mass is 559 g/mol. The first-order chi connectivity index (χ1) is 20.1. The van der Waals surface area contributed by atoms with Crippen molar-refractivity contribution < 1.29 is 14.4 Å². The number of anilines is 1. The van der Waals surface area contributed by atoms with Crippen molar-refractivity contribution in [1.82, 2.24) is 0 Å². The first kappa shape index (κ1) is 29.0. The van der Waals surface area contributed by atoms with Crippen molar-refractivity contribution >= 4 is 17.1 Å². The van der Waals surface area contributed by atoms with Crippen molar-refractivity contribution in [1.29, 1.82) is 10.5 Å². The fourth-order valence-electron chi connectivity index (χ4n) is 6.67. The molecule has 0 saturated carbocycles. The van der Waals surface area contributed by atoms with Crippen LogP contribution in [-0.4, -0.2) is 35.6 Å². The Labute approximate surface area is 249 Å². The van der Waals surface area contributed by atoms with Crippen LogP contribution in [0.5, 0.6) is 5.75 Å². The van der Waals surface area contributed by atoms with Gasteiger partial charge in [-0.15, -0.1) is 0 Å². The maximum absolute atomic E-state index is 11.6. The first-order valence-corrected chi connectivity index (χ1v) is 14.7. The lowest BCUT2D eigenvalue weighted by molar-refractivity contribution is -0.438. The third-order valence-electron chi connectivity index (χ3n) is 9.03. The molecule has 2 aromatic carbocycles. The van der Waals surface area contributed by atoms with E-state index in [-0.39, 0.29) is 16.7 Å². The molecule has 0 aromatic heterocycles. The molecule has 2 aromatic rings. The Kier molecular flexibility index (Phi) is 7.37. The third kappa shape index (κ3) is 4.25. The number of methoxy groups -OCH3 is 1. The van der Waals surface area contributed by atoms with E-state index in [4.69, 9.17) is 4.74 Å². The van der Waals surface area contributed by atoms with E-state index >= 15 is 0 Å². The summed E-state index contributed by atoms with van der Waals surface area (Å²) in [5, 5.41) is 31.6. The maximum Gasteiger partial charge on any atom is 0.209 e. The average molecular weight is 560 g/mol. The summed E-state index contributed by atoms with van der Waals surface area (Å²) in [6, 6.07) is 18.7. The molecule has 1 N–H and O–H groups in total. The van der Waals surface area contributed by atoms with Crippen LogP contribution in [0.2, 0.25) is 0 Å². The molecule has 0 bridgehead atoms. The second-order valence-corrected chi connectivity index (χ2v) is 12.1. The first-order valence-electron chi connectivity index (χ1n) is 14.7. The number of nitriles is 2. The van der Waals surface area contributed by atoms with Crippen LogP contribution in [0.15, 0.2) is 88.4 Å². The second-order valence-electron chi connectivity index (χ2n) is 12.1. The molecule has 6 nitrogen and oxygen atoms in total. The summed E-state index contributed by atoms with van der Waals surface area (Å²) in [7, 11) is 1.66. The highest BCUT2D eigenvalue weighted by Gasteiger charge is 2.46. The molecule has 0 radical (unpaired) electrons. The highest BCUT2D eigenvalue weighted by molar-refractivity contribution is 6.05. The van der Waals surface area contributed by atoms with Crippen LogP contribution in [0.3, 0.4) is 0 Å². The molecule has 0 spiro atoms. The molecule has 5 rings (SSSR count). The number of hydrogen-bond donors (Lipinski definition) is 1. The van der Waals surface area contributed by atoms with E-state index in [0.29, 0.717) is 16.7 Å². The third-order valence-corrected chi connectivity index (χ3v) is 9.03. The van der Waals surface area contributed by atoms with Gasteiger partial charge < -0.3 is 14.7 Å². The summed E-state index contributed by atoms with van der Waals surface area (Å²) < 4.78 is 7.84. The molecule has 0 atom stereocenters. The largest absolute Gasteiger partial charge is 0.507 e. The van der Waals surface area contributed by atoms with Crippen molar-refractivity contribution in [2.45, 2.75) is 65.2 Å². The van der Waals surface area contributed by atoms with Crippen molar-refractivity contribution in [3.63, 3.8) is 0 Å². The molecule has 214 valence electrons. The normalized spacial score (nSPS) is 19.9. The zero-order valence-electron chi connectivity index (χ0n) is 25.7. The summed E-state index contributed by atoms with van der Waals surface area (Å²) in [4.78, 5) is 2.23. The molecule has 2 heterocycles. The SMILES string of the molecule is CCCC[N+]1=C(/C=C2C(O)=C(/C=C3\N(CC)c4ccc(OC)cc4C3(C)C)C\2=C(C#N)C#N)C(C)(C)c2ccccc21. The molecular formula is C36H39N4O2+. The van der Waals surface area contributed by atoms with Crippen molar-refractivity contribution in [2.24, 2.45) is 0 Å². The van der Waals surface area contributed by atoms with Gasteiger partial charge in [-0.05, 0) is 50.6 Å². The zero-order valence-corrected chi connectivity index (χ0v) is 25.7.